The number of ether oxygens (including phenoxy) is 2. The molecule has 0 bridgehead atoms. The summed E-state index contributed by atoms with van der Waals surface area (Å²) in [4.78, 5) is 17.4. The van der Waals surface area contributed by atoms with Gasteiger partial charge in [-0.1, -0.05) is 24.8 Å². The fourth-order valence-corrected chi connectivity index (χ4v) is 2.73. The van der Waals surface area contributed by atoms with E-state index in [1.54, 1.807) is 42.3 Å². The highest BCUT2D eigenvalue weighted by atomic mass is 16.7. The first-order valence-corrected chi connectivity index (χ1v) is 7.71. The van der Waals surface area contributed by atoms with Crippen molar-refractivity contribution in [3.63, 3.8) is 0 Å². The van der Waals surface area contributed by atoms with Crippen LogP contribution in [0.3, 0.4) is 0 Å². The molecule has 126 valence electrons. The molecule has 0 aromatic heterocycles. The van der Waals surface area contributed by atoms with Gasteiger partial charge in [-0.05, 0) is 35.4 Å². The molecule has 0 aliphatic carbocycles. The molecule has 1 aliphatic rings. The maximum absolute atomic E-state index is 12.8. The van der Waals surface area contributed by atoms with Gasteiger partial charge >= 0.3 is 0 Å². The first-order chi connectivity index (χ1) is 12.1. The van der Waals surface area contributed by atoms with E-state index >= 15 is 0 Å². The quantitative estimate of drug-likeness (QED) is 0.479. The highest BCUT2D eigenvalue weighted by Crippen LogP contribution is 2.35. The van der Waals surface area contributed by atoms with E-state index < -0.39 is 0 Å². The third kappa shape index (κ3) is 3.29. The minimum atomic E-state index is -0.178. The standard InChI is InChI=1S/C19H17N3O3/c1-3-13-8-17-18(25-12-24-17)9-15(13)11-22(2)19(23)16-7-5-4-6-14(16)10-21-20/h3-10H,1,11-12H2,2H3. The number of nitrogens with zero attached hydrogens (tertiary/aromatic N) is 3. The Morgan fingerprint density at radius 1 is 1.28 bits per heavy atom. The van der Waals surface area contributed by atoms with Crippen LogP contribution in [0.2, 0.25) is 0 Å². The second kappa shape index (κ2) is 7.03. The molecule has 0 atom stereocenters. The van der Waals surface area contributed by atoms with Crippen LogP contribution in [0, 0.1) is 0 Å². The summed E-state index contributed by atoms with van der Waals surface area (Å²) in [5.74, 6) is 1.16. The fourth-order valence-electron chi connectivity index (χ4n) is 2.73. The van der Waals surface area contributed by atoms with E-state index in [1.165, 1.54) is 6.21 Å². The summed E-state index contributed by atoms with van der Waals surface area (Å²) in [5.41, 5.74) is 11.6. The summed E-state index contributed by atoms with van der Waals surface area (Å²) in [6, 6.07) is 10.7. The zero-order chi connectivity index (χ0) is 17.8. The summed E-state index contributed by atoms with van der Waals surface area (Å²) in [6.07, 6.45) is 2.97. The minimum Gasteiger partial charge on any atom is -0.454 e. The van der Waals surface area contributed by atoms with E-state index in [2.05, 4.69) is 11.4 Å². The summed E-state index contributed by atoms with van der Waals surface area (Å²) in [5, 5.41) is 0. The van der Waals surface area contributed by atoms with Gasteiger partial charge in [0.25, 0.3) is 12.1 Å². The van der Waals surface area contributed by atoms with Gasteiger partial charge in [0.2, 0.25) is 6.79 Å². The van der Waals surface area contributed by atoms with Crippen LogP contribution in [0.4, 0.5) is 0 Å². The Bertz CT molecular complexity index is 885. The van der Waals surface area contributed by atoms with Crippen LogP contribution < -0.4 is 9.47 Å². The monoisotopic (exact) mass is 335 g/mol. The van der Waals surface area contributed by atoms with Crippen molar-refractivity contribution in [2.24, 2.45) is 0 Å². The molecule has 3 rings (SSSR count). The molecular weight excluding hydrogens is 318 g/mol. The van der Waals surface area contributed by atoms with Gasteiger partial charge in [0.1, 0.15) is 0 Å². The summed E-state index contributed by atoms with van der Waals surface area (Å²) >= 11 is 0. The molecule has 1 heterocycles. The number of fused-ring (bicyclic) bond motifs is 1. The molecule has 2 aromatic rings. The molecule has 0 N–H and O–H groups in total. The van der Waals surface area contributed by atoms with Crippen LogP contribution in [0.25, 0.3) is 11.6 Å². The minimum absolute atomic E-state index is 0.178. The molecule has 0 unspecified atom stereocenters. The van der Waals surface area contributed by atoms with Gasteiger partial charge < -0.3 is 19.9 Å². The van der Waals surface area contributed by atoms with Crippen LogP contribution in [0.5, 0.6) is 11.5 Å². The fraction of sp³-hybridized carbons (Fsp3) is 0.158. The lowest BCUT2D eigenvalue weighted by molar-refractivity contribution is 0.00445. The second-order valence-electron chi connectivity index (χ2n) is 5.60. The van der Waals surface area contributed by atoms with Gasteiger partial charge in [0, 0.05) is 13.6 Å². The normalized spacial score (nSPS) is 11.6. The molecule has 0 saturated carbocycles. The van der Waals surface area contributed by atoms with Crippen LogP contribution in [0.15, 0.2) is 43.0 Å². The second-order valence-corrected chi connectivity index (χ2v) is 5.60. The molecule has 0 radical (unpaired) electrons. The first kappa shape index (κ1) is 16.5. The highest BCUT2D eigenvalue weighted by Gasteiger charge is 2.20. The molecule has 2 aromatic carbocycles. The van der Waals surface area contributed by atoms with Crippen LogP contribution >= 0.6 is 0 Å². The first-order valence-electron chi connectivity index (χ1n) is 7.71. The zero-order valence-electron chi connectivity index (χ0n) is 13.8. The van der Waals surface area contributed by atoms with E-state index in [0.29, 0.717) is 29.2 Å². The molecule has 1 aliphatic heterocycles. The van der Waals surface area contributed by atoms with Crippen molar-refractivity contribution in [1.82, 2.24) is 4.90 Å². The van der Waals surface area contributed by atoms with E-state index in [4.69, 9.17) is 15.0 Å². The van der Waals surface area contributed by atoms with E-state index in [1.807, 2.05) is 12.1 Å². The molecule has 6 heteroatoms. The zero-order valence-corrected chi connectivity index (χ0v) is 13.8. The van der Waals surface area contributed by atoms with Crippen molar-refractivity contribution in [1.29, 1.82) is 0 Å². The lowest BCUT2D eigenvalue weighted by Crippen LogP contribution is -2.27. The number of carbonyl (C=O) groups excluding carboxylic acids is 1. The van der Waals surface area contributed by atoms with Gasteiger partial charge in [0.15, 0.2) is 11.5 Å². The van der Waals surface area contributed by atoms with E-state index in [9.17, 15) is 4.79 Å². The van der Waals surface area contributed by atoms with Gasteiger partial charge in [-0.15, -0.1) is 0 Å². The van der Waals surface area contributed by atoms with Crippen molar-refractivity contribution in [3.05, 3.63) is 70.8 Å². The van der Waals surface area contributed by atoms with E-state index in [0.717, 1.165) is 11.1 Å². The third-order valence-electron chi connectivity index (χ3n) is 4.00. The topological polar surface area (TPSA) is 75.2 Å². The summed E-state index contributed by atoms with van der Waals surface area (Å²) in [6.45, 7) is 4.39. The predicted octanol–water partition coefficient (Wildman–Crippen LogP) is 2.98. The van der Waals surface area contributed by atoms with Gasteiger partial charge in [0.05, 0.1) is 11.1 Å². The van der Waals surface area contributed by atoms with Crippen molar-refractivity contribution in [2.45, 2.75) is 6.54 Å². The number of hydrogen-bond acceptors (Lipinski definition) is 3. The highest BCUT2D eigenvalue weighted by molar-refractivity contribution is 6.01. The van der Waals surface area contributed by atoms with Crippen LogP contribution in [0.1, 0.15) is 27.0 Å². The molecule has 25 heavy (non-hydrogen) atoms. The largest absolute Gasteiger partial charge is 0.454 e. The Morgan fingerprint density at radius 3 is 2.72 bits per heavy atom. The Balaban J connectivity index is 1.88. The van der Waals surface area contributed by atoms with Crippen molar-refractivity contribution < 1.29 is 19.1 Å². The number of benzene rings is 2. The van der Waals surface area contributed by atoms with Crippen molar-refractivity contribution in [2.75, 3.05) is 13.8 Å². The number of carbonyl (C=O) groups is 1. The molecule has 0 fully saturated rings. The smallest absolute Gasteiger partial charge is 0.288 e. The average molecular weight is 335 g/mol. The van der Waals surface area contributed by atoms with Crippen molar-refractivity contribution >= 4 is 18.2 Å². The van der Waals surface area contributed by atoms with Gasteiger partial charge in [-0.3, -0.25) is 4.79 Å². The maximum atomic E-state index is 12.8. The Labute approximate surface area is 145 Å². The maximum Gasteiger partial charge on any atom is 0.288 e. The Hall–Kier alpha value is -3.37. The van der Waals surface area contributed by atoms with E-state index in [-0.39, 0.29) is 12.7 Å². The van der Waals surface area contributed by atoms with Gasteiger partial charge in [-0.25, -0.2) is 0 Å². The molecular formula is C19H17N3O3. The number of rotatable bonds is 5. The Morgan fingerprint density at radius 2 is 2.00 bits per heavy atom. The Kier molecular flexibility index (Phi) is 4.64. The van der Waals surface area contributed by atoms with Crippen LogP contribution in [-0.2, 0) is 6.54 Å². The van der Waals surface area contributed by atoms with Crippen molar-refractivity contribution in [3.8, 4) is 11.5 Å². The molecule has 1 amide bonds. The molecule has 6 nitrogen and oxygen atoms in total. The molecule has 0 spiro atoms. The third-order valence-corrected chi connectivity index (χ3v) is 4.00. The predicted molar refractivity (Wildman–Crippen MR) is 93.7 cm³/mol. The number of hydrogen-bond donors (Lipinski definition) is 0. The lowest BCUT2D eigenvalue weighted by Gasteiger charge is -2.19. The lowest BCUT2D eigenvalue weighted by atomic mass is 10.0. The van der Waals surface area contributed by atoms with Gasteiger partial charge in [-0.2, -0.15) is 4.79 Å². The summed E-state index contributed by atoms with van der Waals surface area (Å²) in [7, 11) is 1.71. The SMILES string of the molecule is C=Cc1cc2c(cc1CN(C)C(=O)c1ccccc1C=[N+]=[N-])OCO2. The van der Waals surface area contributed by atoms with Crippen LogP contribution in [-0.4, -0.2) is 35.7 Å². The average Bonchev–Trinajstić information content (AvgIpc) is 3.08. The molecule has 0 saturated heterocycles. The summed E-state index contributed by atoms with van der Waals surface area (Å²) < 4.78 is 10.8. The number of amides is 1.